The average molecular weight is 470 g/mol. The molecule has 9 heteroatoms. The van der Waals surface area contributed by atoms with Gasteiger partial charge in [-0.25, -0.2) is 19.7 Å². The molecule has 4 aromatic rings. The molecule has 2 aromatic carbocycles. The number of carbonyl (C=O) groups is 1. The highest BCUT2D eigenvalue weighted by molar-refractivity contribution is 5.65. The van der Waals surface area contributed by atoms with Crippen molar-refractivity contribution in [3.05, 3.63) is 90.3 Å². The van der Waals surface area contributed by atoms with Crippen LogP contribution in [0.4, 0.5) is 22.4 Å². The lowest BCUT2D eigenvalue weighted by Gasteiger charge is -2.18. The van der Waals surface area contributed by atoms with Crippen molar-refractivity contribution in [2.45, 2.75) is 19.4 Å². The van der Waals surface area contributed by atoms with Crippen molar-refractivity contribution in [1.29, 1.82) is 0 Å². The minimum absolute atomic E-state index is 0.258. The molecular formula is C26H27N7O2. The number of amides is 1. The maximum absolute atomic E-state index is 10.8. The predicted octanol–water partition coefficient (Wildman–Crippen LogP) is 4.68. The van der Waals surface area contributed by atoms with E-state index in [1.165, 1.54) is 0 Å². The first-order valence-electron chi connectivity index (χ1n) is 11.3. The van der Waals surface area contributed by atoms with Crippen LogP contribution >= 0.6 is 0 Å². The zero-order chi connectivity index (χ0) is 24.6. The Hall–Kier alpha value is -4.53. The Morgan fingerprint density at radius 3 is 2.34 bits per heavy atom. The normalized spacial score (nSPS) is 11.5. The fraction of sp³-hybridized carbons (Fsp3) is 0.192. The van der Waals surface area contributed by atoms with Gasteiger partial charge in [0, 0.05) is 31.5 Å². The second-order valence-corrected chi connectivity index (χ2v) is 7.99. The van der Waals surface area contributed by atoms with Crippen LogP contribution in [-0.4, -0.2) is 44.7 Å². The van der Waals surface area contributed by atoms with Gasteiger partial charge < -0.3 is 20.6 Å². The summed E-state index contributed by atoms with van der Waals surface area (Å²) in [6.45, 7) is 2.47. The fourth-order valence-corrected chi connectivity index (χ4v) is 3.56. The van der Waals surface area contributed by atoms with Crippen LogP contribution in [0.15, 0.2) is 79.1 Å². The fourth-order valence-electron chi connectivity index (χ4n) is 3.56. The molecule has 0 aliphatic heterocycles. The minimum Gasteiger partial charge on any atom is -0.465 e. The standard InChI is InChI=1S/C26H27N7O2/c1-18(30-26(34)35)20-10-8-19(9-11-20)12-15-28-25-29-17-14-23(32-25)33(2)22-13-16-27-24(31-22)21-6-4-3-5-7-21/h3-11,13-14,16-18,30H,12,15H2,1-2H3,(H,34,35)(H,28,29,32)/t18-/m0/s1. The van der Waals surface area contributed by atoms with Gasteiger partial charge in [0.1, 0.15) is 11.6 Å². The van der Waals surface area contributed by atoms with E-state index < -0.39 is 6.09 Å². The average Bonchev–Trinajstić information content (AvgIpc) is 2.89. The Bertz CT molecular complexity index is 1270. The molecule has 1 atom stereocenters. The Balaban J connectivity index is 1.37. The summed E-state index contributed by atoms with van der Waals surface area (Å²) in [6.07, 6.45) is 3.20. The zero-order valence-corrected chi connectivity index (χ0v) is 19.6. The van der Waals surface area contributed by atoms with E-state index in [1.807, 2.05) is 85.6 Å². The Morgan fingerprint density at radius 1 is 0.943 bits per heavy atom. The van der Waals surface area contributed by atoms with E-state index in [-0.39, 0.29) is 6.04 Å². The quantitative estimate of drug-likeness (QED) is 0.323. The molecule has 3 N–H and O–H groups in total. The van der Waals surface area contributed by atoms with Crippen molar-refractivity contribution >= 4 is 23.7 Å². The molecule has 9 nitrogen and oxygen atoms in total. The van der Waals surface area contributed by atoms with Crippen molar-refractivity contribution in [1.82, 2.24) is 25.3 Å². The molecule has 0 aliphatic carbocycles. The van der Waals surface area contributed by atoms with E-state index in [0.717, 1.165) is 28.9 Å². The van der Waals surface area contributed by atoms with Gasteiger partial charge in [-0.1, -0.05) is 54.6 Å². The van der Waals surface area contributed by atoms with Gasteiger partial charge in [-0.3, -0.25) is 0 Å². The third-order valence-corrected chi connectivity index (χ3v) is 5.52. The van der Waals surface area contributed by atoms with Crippen LogP contribution in [-0.2, 0) is 6.42 Å². The van der Waals surface area contributed by atoms with Gasteiger partial charge in [-0.15, -0.1) is 0 Å². The van der Waals surface area contributed by atoms with Gasteiger partial charge in [0.2, 0.25) is 5.95 Å². The van der Waals surface area contributed by atoms with E-state index in [4.69, 9.17) is 5.11 Å². The first-order valence-corrected chi connectivity index (χ1v) is 11.3. The monoisotopic (exact) mass is 469 g/mol. The van der Waals surface area contributed by atoms with E-state index in [0.29, 0.717) is 24.1 Å². The first-order chi connectivity index (χ1) is 17.0. The number of aromatic nitrogens is 4. The minimum atomic E-state index is -1.03. The number of nitrogens with one attached hydrogen (secondary N) is 2. The van der Waals surface area contributed by atoms with Crippen LogP contribution in [0.2, 0.25) is 0 Å². The van der Waals surface area contributed by atoms with E-state index in [1.54, 1.807) is 12.4 Å². The van der Waals surface area contributed by atoms with Gasteiger partial charge in [0.15, 0.2) is 5.82 Å². The number of carboxylic acid groups (broad SMARTS) is 1. The largest absolute Gasteiger partial charge is 0.465 e. The van der Waals surface area contributed by atoms with E-state index >= 15 is 0 Å². The smallest absolute Gasteiger partial charge is 0.405 e. The topological polar surface area (TPSA) is 116 Å². The van der Waals surface area contributed by atoms with Crippen molar-refractivity contribution in [2.75, 3.05) is 23.8 Å². The Morgan fingerprint density at radius 2 is 1.63 bits per heavy atom. The zero-order valence-electron chi connectivity index (χ0n) is 19.6. The highest BCUT2D eigenvalue weighted by atomic mass is 16.4. The van der Waals surface area contributed by atoms with Crippen molar-refractivity contribution in [3.8, 4) is 11.4 Å². The molecule has 2 heterocycles. The molecule has 1 amide bonds. The number of hydrogen-bond acceptors (Lipinski definition) is 7. The molecular weight excluding hydrogens is 442 g/mol. The SMILES string of the molecule is C[C@H](NC(=O)O)c1ccc(CCNc2nccc(N(C)c3ccnc(-c4ccccc4)n3)n2)cc1. The van der Waals surface area contributed by atoms with Crippen LogP contribution in [0.25, 0.3) is 11.4 Å². The molecule has 0 saturated carbocycles. The predicted molar refractivity (Wildman–Crippen MR) is 136 cm³/mol. The Labute approximate surface area is 203 Å². The second kappa shape index (κ2) is 11.1. The molecule has 0 saturated heterocycles. The number of anilines is 3. The van der Waals surface area contributed by atoms with Gasteiger partial charge in [-0.05, 0) is 36.6 Å². The van der Waals surface area contributed by atoms with Crippen molar-refractivity contribution < 1.29 is 9.90 Å². The van der Waals surface area contributed by atoms with Crippen LogP contribution < -0.4 is 15.5 Å². The summed E-state index contributed by atoms with van der Waals surface area (Å²) < 4.78 is 0. The van der Waals surface area contributed by atoms with Crippen LogP contribution in [0.3, 0.4) is 0 Å². The van der Waals surface area contributed by atoms with E-state index in [2.05, 4.69) is 30.6 Å². The summed E-state index contributed by atoms with van der Waals surface area (Å²) >= 11 is 0. The lowest BCUT2D eigenvalue weighted by molar-refractivity contribution is 0.191. The van der Waals surface area contributed by atoms with Crippen molar-refractivity contribution in [2.24, 2.45) is 0 Å². The summed E-state index contributed by atoms with van der Waals surface area (Å²) in [5.74, 6) is 2.63. The van der Waals surface area contributed by atoms with Gasteiger partial charge >= 0.3 is 6.09 Å². The molecule has 4 rings (SSSR count). The number of hydrogen-bond donors (Lipinski definition) is 3. The summed E-state index contributed by atoms with van der Waals surface area (Å²) in [5.41, 5.74) is 3.00. The Kier molecular flexibility index (Phi) is 7.47. The molecule has 2 aromatic heterocycles. The summed E-state index contributed by atoms with van der Waals surface area (Å²) in [4.78, 5) is 30.7. The van der Waals surface area contributed by atoms with Gasteiger partial charge in [0.05, 0.1) is 6.04 Å². The molecule has 0 spiro atoms. The van der Waals surface area contributed by atoms with Crippen LogP contribution in [0, 0.1) is 0 Å². The second-order valence-electron chi connectivity index (χ2n) is 7.99. The first kappa shape index (κ1) is 23.6. The summed E-state index contributed by atoms with van der Waals surface area (Å²) in [6, 6.07) is 21.1. The molecule has 35 heavy (non-hydrogen) atoms. The maximum atomic E-state index is 10.8. The van der Waals surface area contributed by atoms with Gasteiger partial charge in [-0.2, -0.15) is 4.98 Å². The lowest BCUT2D eigenvalue weighted by Crippen LogP contribution is -2.24. The summed E-state index contributed by atoms with van der Waals surface area (Å²) in [7, 11) is 1.91. The van der Waals surface area contributed by atoms with Crippen LogP contribution in [0.5, 0.6) is 0 Å². The molecule has 0 aliphatic rings. The molecule has 0 bridgehead atoms. The highest BCUT2D eigenvalue weighted by Gasteiger charge is 2.11. The molecule has 0 unspecified atom stereocenters. The van der Waals surface area contributed by atoms with Gasteiger partial charge in [0.25, 0.3) is 0 Å². The van der Waals surface area contributed by atoms with Crippen molar-refractivity contribution in [3.63, 3.8) is 0 Å². The molecule has 0 fully saturated rings. The maximum Gasteiger partial charge on any atom is 0.405 e. The number of rotatable bonds is 9. The number of nitrogens with zero attached hydrogens (tertiary/aromatic N) is 5. The molecule has 178 valence electrons. The van der Waals surface area contributed by atoms with Crippen LogP contribution in [0.1, 0.15) is 24.1 Å². The van der Waals surface area contributed by atoms with E-state index in [9.17, 15) is 4.79 Å². The lowest BCUT2D eigenvalue weighted by atomic mass is 10.0. The number of benzene rings is 2. The molecule has 0 radical (unpaired) electrons. The third-order valence-electron chi connectivity index (χ3n) is 5.52. The third kappa shape index (κ3) is 6.29. The highest BCUT2D eigenvalue weighted by Crippen LogP contribution is 2.23. The summed E-state index contributed by atoms with van der Waals surface area (Å²) in [5, 5.41) is 14.6.